The van der Waals surface area contributed by atoms with Gasteiger partial charge in [-0.05, 0) is 30.5 Å². The summed E-state index contributed by atoms with van der Waals surface area (Å²) in [5.41, 5.74) is -0.0407. The van der Waals surface area contributed by atoms with E-state index in [4.69, 9.17) is 9.84 Å². The summed E-state index contributed by atoms with van der Waals surface area (Å²) in [6.07, 6.45) is 2.18. The molecule has 1 N–H and O–H groups in total. The van der Waals surface area contributed by atoms with Crippen LogP contribution in [0.5, 0.6) is 0 Å². The number of halogens is 1. The van der Waals surface area contributed by atoms with Crippen LogP contribution in [0.1, 0.15) is 31.2 Å². The zero-order valence-electron chi connectivity index (χ0n) is 12.8. The Morgan fingerprint density at radius 2 is 2.04 bits per heavy atom. The number of morpholine rings is 1. The average molecular weight is 321 g/mol. The number of hydrogen-bond acceptors (Lipinski definition) is 3. The molecule has 1 aliphatic heterocycles. The summed E-state index contributed by atoms with van der Waals surface area (Å²) >= 11 is 0. The van der Waals surface area contributed by atoms with E-state index in [1.807, 2.05) is 0 Å². The van der Waals surface area contributed by atoms with Crippen molar-refractivity contribution in [2.45, 2.75) is 37.2 Å². The van der Waals surface area contributed by atoms with E-state index in [0.29, 0.717) is 24.9 Å². The van der Waals surface area contributed by atoms with Gasteiger partial charge < -0.3 is 14.7 Å². The first-order chi connectivity index (χ1) is 11.0. The lowest BCUT2D eigenvalue weighted by molar-refractivity contribution is -0.161. The number of ether oxygens (including phenoxy) is 1. The van der Waals surface area contributed by atoms with Crippen LogP contribution >= 0.6 is 0 Å². The minimum atomic E-state index is -1.06. The molecule has 0 radical (unpaired) electrons. The maximum absolute atomic E-state index is 13.6. The molecule has 1 saturated carbocycles. The molecule has 1 saturated heterocycles. The summed E-state index contributed by atoms with van der Waals surface area (Å²) in [4.78, 5) is 25.9. The SMILES string of the molecule is O=C(O)C1CN(C(=O)C2(c3cccc(F)c3)CCCC2)CCO1. The highest BCUT2D eigenvalue weighted by molar-refractivity contribution is 5.89. The van der Waals surface area contributed by atoms with Gasteiger partial charge in [-0.25, -0.2) is 9.18 Å². The second kappa shape index (κ2) is 6.28. The Morgan fingerprint density at radius 1 is 1.30 bits per heavy atom. The molecule has 1 amide bonds. The van der Waals surface area contributed by atoms with E-state index in [0.717, 1.165) is 12.8 Å². The summed E-state index contributed by atoms with van der Waals surface area (Å²) in [6.45, 7) is 0.632. The normalized spacial score (nSPS) is 23.7. The van der Waals surface area contributed by atoms with E-state index in [-0.39, 0.29) is 24.9 Å². The van der Waals surface area contributed by atoms with Gasteiger partial charge in [0.15, 0.2) is 6.10 Å². The van der Waals surface area contributed by atoms with Gasteiger partial charge in [-0.2, -0.15) is 0 Å². The van der Waals surface area contributed by atoms with Gasteiger partial charge in [0.25, 0.3) is 0 Å². The third-order valence-electron chi connectivity index (χ3n) is 4.87. The summed E-state index contributed by atoms with van der Waals surface area (Å²) in [7, 11) is 0. The van der Waals surface area contributed by atoms with E-state index in [1.165, 1.54) is 12.1 Å². The van der Waals surface area contributed by atoms with Crippen LogP contribution < -0.4 is 0 Å². The molecule has 0 aromatic heterocycles. The van der Waals surface area contributed by atoms with Gasteiger partial charge in [-0.3, -0.25) is 4.79 Å². The fourth-order valence-electron chi connectivity index (χ4n) is 3.68. The van der Waals surface area contributed by atoms with Crippen molar-refractivity contribution in [2.24, 2.45) is 0 Å². The fraction of sp³-hybridized carbons (Fsp3) is 0.529. The number of carboxylic acids is 1. The second-order valence-corrected chi connectivity index (χ2v) is 6.25. The largest absolute Gasteiger partial charge is 0.479 e. The third kappa shape index (κ3) is 2.95. The van der Waals surface area contributed by atoms with Crippen molar-refractivity contribution in [3.8, 4) is 0 Å². The molecule has 23 heavy (non-hydrogen) atoms. The highest BCUT2D eigenvalue weighted by atomic mass is 19.1. The maximum Gasteiger partial charge on any atom is 0.334 e. The van der Waals surface area contributed by atoms with Gasteiger partial charge in [0.05, 0.1) is 18.6 Å². The molecule has 1 aromatic rings. The standard InChI is InChI=1S/C17H20FNO4/c18-13-5-3-4-12(10-13)17(6-1-2-7-17)16(22)19-8-9-23-14(11-19)15(20)21/h3-5,10,14H,1-2,6-9,11H2,(H,20,21). The van der Waals surface area contributed by atoms with Gasteiger partial charge in [0.2, 0.25) is 5.91 Å². The van der Waals surface area contributed by atoms with Crippen LogP contribution in [-0.4, -0.2) is 47.7 Å². The molecule has 1 aromatic carbocycles. The van der Waals surface area contributed by atoms with Crippen LogP contribution in [0.2, 0.25) is 0 Å². The molecule has 6 heteroatoms. The summed E-state index contributed by atoms with van der Waals surface area (Å²) in [6, 6.07) is 6.21. The van der Waals surface area contributed by atoms with Crippen molar-refractivity contribution in [2.75, 3.05) is 19.7 Å². The number of amides is 1. The van der Waals surface area contributed by atoms with E-state index in [1.54, 1.807) is 17.0 Å². The molecule has 1 atom stereocenters. The Morgan fingerprint density at radius 3 is 2.70 bits per heavy atom. The van der Waals surface area contributed by atoms with Crippen molar-refractivity contribution in [3.63, 3.8) is 0 Å². The zero-order chi connectivity index (χ0) is 16.4. The van der Waals surface area contributed by atoms with Crippen LogP contribution in [-0.2, 0) is 19.7 Å². The molecule has 1 aliphatic carbocycles. The summed E-state index contributed by atoms with van der Waals surface area (Å²) in [5, 5.41) is 9.11. The first-order valence-electron chi connectivity index (χ1n) is 7.93. The van der Waals surface area contributed by atoms with Crippen molar-refractivity contribution in [1.29, 1.82) is 0 Å². The Balaban J connectivity index is 1.89. The lowest BCUT2D eigenvalue weighted by Crippen LogP contribution is -2.54. The van der Waals surface area contributed by atoms with E-state index in [9.17, 15) is 14.0 Å². The molecule has 2 fully saturated rings. The molecule has 2 aliphatic rings. The number of carbonyl (C=O) groups is 2. The van der Waals surface area contributed by atoms with Gasteiger partial charge >= 0.3 is 5.97 Å². The van der Waals surface area contributed by atoms with E-state index in [2.05, 4.69) is 0 Å². The molecule has 0 bridgehead atoms. The zero-order valence-corrected chi connectivity index (χ0v) is 12.8. The van der Waals surface area contributed by atoms with E-state index < -0.39 is 17.5 Å². The van der Waals surface area contributed by atoms with Gasteiger partial charge in [0.1, 0.15) is 5.82 Å². The van der Waals surface area contributed by atoms with Gasteiger partial charge in [0, 0.05) is 6.54 Å². The lowest BCUT2D eigenvalue weighted by Gasteiger charge is -2.38. The van der Waals surface area contributed by atoms with Crippen LogP contribution in [0.25, 0.3) is 0 Å². The molecule has 124 valence electrons. The second-order valence-electron chi connectivity index (χ2n) is 6.25. The molecule has 5 nitrogen and oxygen atoms in total. The Bertz CT molecular complexity index is 612. The predicted octanol–water partition coefficient (Wildman–Crippen LogP) is 1.95. The number of hydrogen-bond donors (Lipinski definition) is 1. The topological polar surface area (TPSA) is 66.8 Å². The quantitative estimate of drug-likeness (QED) is 0.924. The third-order valence-corrected chi connectivity index (χ3v) is 4.87. The number of carboxylic acid groups (broad SMARTS) is 1. The molecule has 1 unspecified atom stereocenters. The van der Waals surface area contributed by atoms with Crippen molar-refractivity contribution in [1.82, 2.24) is 4.90 Å². The number of aliphatic carboxylic acids is 1. The molecule has 3 rings (SSSR count). The number of carbonyl (C=O) groups excluding carboxylic acids is 1. The Labute approximate surface area is 134 Å². The first-order valence-corrected chi connectivity index (χ1v) is 7.93. The van der Waals surface area contributed by atoms with Crippen LogP contribution in [0, 0.1) is 5.82 Å². The minimum Gasteiger partial charge on any atom is -0.479 e. The highest BCUT2D eigenvalue weighted by Gasteiger charge is 2.46. The summed E-state index contributed by atoms with van der Waals surface area (Å²) in [5.74, 6) is -1.52. The molecule has 1 heterocycles. The molecular formula is C17H20FNO4. The summed E-state index contributed by atoms with van der Waals surface area (Å²) < 4.78 is 18.8. The van der Waals surface area contributed by atoms with Crippen LogP contribution in [0.15, 0.2) is 24.3 Å². The van der Waals surface area contributed by atoms with Crippen LogP contribution in [0.3, 0.4) is 0 Å². The van der Waals surface area contributed by atoms with Gasteiger partial charge in [-0.15, -0.1) is 0 Å². The molecule has 0 spiro atoms. The number of rotatable bonds is 3. The minimum absolute atomic E-state index is 0.0469. The smallest absolute Gasteiger partial charge is 0.334 e. The average Bonchev–Trinajstić information content (AvgIpc) is 3.05. The van der Waals surface area contributed by atoms with Gasteiger partial charge in [-0.1, -0.05) is 25.0 Å². The lowest BCUT2D eigenvalue weighted by atomic mass is 9.77. The predicted molar refractivity (Wildman–Crippen MR) is 80.5 cm³/mol. The van der Waals surface area contributed by atoms with Crippen LogP contribution in [0.4, 0.5) is 4.39 Å². The maximum atomic E-state index is 13.6. The number of benzene rings is 1. The molecular weight excluding hydrogens is 301 g/mol. The highest BCUT2D eigenvalue weighted by Crippen LogP contribution is 2.43. The Kier molecular flexibility index (Phi) is 4.35. The first kappa shape index (κ1) is 15.9. The fourth-order valence-corrected chi connectivity index (χ4v) is 3.68. The van der Waals surface area contributed by atoms with E-state index >= 15 is 0 Å². The number of nitrogens with zero attached hydrogens (tertiary/aromatic N) is 1. The monoisotopic (exact) mass is 321 g/mol. The van der Waals surface area contributed by atoms with Crippen molar-refractivity contribution < 1.29 is 23.8 Å². The Hall–Kier alpha value is -1.95. The van der Waals surface area contributed by atoms with Crippen molar-refractivity contribution >= 4 is 11.9 Å². The van der Waals surface area contributed by atoms with Crippen molar-refractivity contribution in [3.05, 3.63) is 35.6 Å².